The number of ether oxygens (including phenoxy) is 1. The maximum absolute atomic E-state index is 11.9. The van der Waals surface area contributed by atoms with Gasteiger partial charge in [0.2, 0.25) is 0 Å². The summed E-state index contributed by atoms with van der Waals surface area (Å²) in [5.74, 6) is -0.652. The Morgan fingerprint density at radius 1 is 1.45 bits per heavy atom. The number of nitro groups is 1. The number of carbonyl (C=O) groups is 1. The molecule has 1 aromatic carbocycles. The summed E-state index contributed by atoms with van der Waals surface area (Å²) in [7, 11) is 0. The van der Waals surface area contributed by atoms with Crippen molar-refractivity contribution >= 4 is 11.7 Å². The van der Waals surface area contributed by atoms with Gasteiger partial charge in [0.15, 0.2) is 0 Å². The molecule has 0 aliphatic carbocycles. The number of aliphatic hydroxyl groups is 1. The molecule has 116 valence electrons. The first-order valence-electron chi connectivity index (χ1n) is 6.47. The fourth-order valence-corrected chi connectivity index (χ4v) is 1.84. The van der Waals surface area contributed by atoms with E-state index in [1.54, 1.807) is 23.3 Å². The van der Waals surface area contributed by atoms with Crippen molar-refractivity contribution in [3.05, 3.63) is 58.7 Å². The molecule has 2 rings (SSSR count). The van der Waals surface area contributed by atoms with Crippen LogP contribution in [0.5, 0.6) is 0 Å². The average molecular weight is 305 g/mol. The number of nitrogens with zero attached hydrogens (tertiary/aromatic N) is 3. The molecule has 1 heterocycles. The smallest absolute Gasteiger partial charge is 0.338 e. The summed E-state index contributed by atoms with van der Waals surface area (Å²) in [6, 6.07) is 5.07. The molecule has 0 amide bonds. The van der Waals surface area contributed by atoms with Gasteiger partial charge in [-0.15, -0.1) is 0 Å². The van der Waals surface area contributed by atoms with Gasteiger partial charge in [-0.3, -0.25) is 10.1 Å². The van der Waals surface area contributed by atoms with Gasteiger partial charge >= 0.3 is 5.97 Å². The lowest BCUT2D eigenvalue weighted by molar-refractivity contribution is -0.384. The summed E-state index contributed by atoms with van der Waals surface area (Å²) < 4.78 is 6.72. The van der Waals surface area contributed by atoms with E-state index in [0.29, 0.717) is 0 Å². The predicted molar refractivity (Wildman–Crippen MR) is 76.2 cm³/mol. The van der Waals surface area contributed by atoms with Crippen molar-refractivity contribution in [1.29, 1.82) is 0 Å². The first-order valence-corrected chi connectivity index (χ1v) is 6.47. The summed E-state index contributed by atoms with van der Waals surface area (Å²) in [6.45, 7) is 1.55. The average Bonchev–Trinajstić information content (AvgIpc) is 2.97. The van der Waals surface area contributed by atoms with E-state index >= 15 is 0 Å². The van der Waals surface area contributed by atoms with Gasteiger partial charge in [-0.2, -0.15) is 0 Å². The van der Waals surface area contributed by atoms with Crippen molar-refractivity contribution in [2.45, 2.75) is 19.1 Å². The van der Waals surface area contributed by atoms with Crippen LogP contribution in [-0.4, -0.2) is 37.8 Å². The number of hydrogen-bond donors (Lipinski definition) is 1. The quantitative estimate of drug-likeness (QED) is 0.491. The molecule has 0 fully saturated rings. The SMILES string of the molecule is C[C@@](O)(COC(=O)c1ccc([N+](=O)[O-])cc1)Cn1ccnc1. The number of imidazole rings is 1. The van der Waals surface area contributed by atoms with Crippen molar-refractivity contribution in [3.8, 4) is 0 Å². The van der Waals surface area contributed by atoms with Crippen LogP contribution < -0.4 is 0 Å². The van der Waals surface area contributed by atoms with E-state index in [4.69, 9.17) is 4.74 Å². The van der Waals surface area contributed by atoms with Crippen LogP contribution >= 0.6 is 0 Å². The molecule has 0 aliphatic rings. The molecule has 0 radical (unpaired) electrons. The molecular formula is C14H15N3O5. The van der Waals surface area contributed by atoms with Gasteiger partial charge in [-0.1, -0.05) is 0 Å². The fourth-order valence-electron chi connectivity index (χ4n) is 1.84. The van der Waals surface area contributed by atoms with E-state index in [9.17, 15) is 20.0 Å². The highest BCUT2D eigenvalue weighted by Crippen LogP contribution is 2.14. The number of hydrogen-bond acceptors (Lipinski definition) is 6. The van der Waals surface area contributed by atoms with Crippen LogP contribution in [0.2, 0.25) is 0 Å². The van der Waals surface area contributed by atoms with Crippen LogP contribution in [0, 0.1) is 10.1 Å². The van der Waals surface area contributed by atoms with Crippen LogP contribution in [0.25, 0.3) is 0 Å². The molecule has 0 saturated carbocycles. The Hall–Kier alpha value is -2.74. The van der Waals surface area contributed by atoms with Gasteiger partial charge in [0.25, 0.3) is 5.69 Å². The predicted octanol–water partition coefficient (Wildman–Crippen LogP) is 1.40. The zero-order valence-corrected chi connectivity index (χ0v) is 11.9. The second-order valence-electron chi connectivity index (χ2n) is 5.11. The van der Waals surface area contributed by atoms with Crippen molar-refractivity contribution in [3.63, 3.8) is 0 Å². The normalized spacial score (nSPS) is 13.4. The molecular weight excluding hydrogens is 290 g/mol. The summed E-state index contributed by atoms with van der Waals surface area (Å²) >= 11 is 0. The Morgan fingerprint density at radius 3 is 2.68 bits per heavy atom. The number of nitro benzene ring substituents is 1. The molecule has 1 N–H and O–H groups in total. The topological polar surface area (TPSA) is 107 Å². The van der Waals surface area contributed by atoms with E-state index in [1.807, 2.05) is 0 Å². The number of rotatable bonds is 6. The van der Waals surface area contributed by atoms with E-state index < -0.39 is 16.5 Å². The van der Waals surface area contributed by atoms with Crippen molar-refractivity contribution < 1.29 is 19.6 Å². The third-order valence-corrected chi connectivity index (χ3v) is 2.91. The summed E-state index contributed by atoms with van der Waals surface area (Å²) in [4.78, 5) is 25.7. The van der Waals surface area contributed by atoms with Gasteiger partial charge in [-0.25, -0.2) is 9.78 Å². The second-order valence-corrected chi connectivity index (χ2v) is 5.11. The van der Waals surface area contributed by atoms with Gasteiger partial charge in [0, 0.05) is 24.5 Å². The monoisotopic (exact) mass is 305 g/mol. The van der Waals surface area contributed by atoms with E-state index in [-0.39, 0.29) is 24.4 Å². The molecule has 0 unspecified atom stereocenters. The first-order chi connectivity index (χ1) is 10.4. The molecule has 0 bridgehead atoms. The number of esters is 1. The zero-order chi connectivity index (χ0) is 16.2. The third kappa shape index (κ3) is 4.13. The molecule has 8 nitrogen and oxygen atoms in total. The standard InChI is InChI=1S/C14H15N3O5/c1-14(19,8-16-7-6-15-10-16)9-22-13(18)11-2-4-12(5-3-11)17(20)21/h2-7,10,19H,8-9H2,1H3/t14-/m0/s1. The Bertz CT molecular complexity index is 650. The highest BCUT2D eigenvalue weighted by atomic mass is 16.6. The minimum Gasteiger partial charge on any atom is -0.459 e. The Kier molecular flexibility index (Phi) is 4.52. The van der Waals surface area contributed by atoms with E-state index in [0.717, 1.165) is 0 Å². The van der Waals surface area contributed by atoms with Gasteiger partial charge in [-0.05, 0) is 19.1 Å². The molecule has 0 aliphatic heterocycles. The van der Waals surface area contributed by atoms with Gasteiger partial charge < -0.3 is 14.4 Å². The van der Waals surface area contributed by atoms with Crippen molar-refractivity contribution in [1.82, 2.24) is 9.55 Å². The van der Waals surface area contributed by atoms with Gasteiger partial charge in [0.05, 0.1) is 23.4 Å². The molecule has 2 aromatic rings. The van der Waals surface area contributed by atoms with E-state index in [1.165, 1.54) is 31.2 Å². The number of aromatic nitrogens is 2. The molecule has 0 saturated heterocycles. The van der Waals surface area contributed by atoms with Crippen LogP contribution in [0.3, 0.4) is 0 Å². The van der Waals surface area contributed by atoms with E-state index in [2.05, 4.69) is 4.98 Å². The summed E-state index contributed by atoms with van der Waals surface area (Å²) in [5, 5.41) is 20.7. The lowest BCUT2D eigenvalue weighted by atomic mass is 10.1. The summed E-state index contributed by atoms with van der Waals surface area (Å²) in [5.41, 5.74) is -1.18. The molecule has 1 atom stereocenters. The number of carbonyl (C=O) groups excluding carboxylic acids is 1. The Labute approximate surface area is 126 Å². The minimum atomic E-state index is -1.25. The molecule has 1 aromatic heterocycles. The molecule has 8 heteroatoms. The third-order valence-electron chi connectivity index (χ3n) is 2.91. The number of non-ortho nitro benzene ring substituents is 1. The fraction of sp³-hybridized carbons (Fsp3) is 0.286. The maximum atomic E-state index is 11.9. The first kappa shape index (κ1) is 15.6. The Morgan fingerprint density at radius 2 is 2.14 bits per heavy atom. The van der Waals surface area contributed by atoms with Crippen molar-refractivity contribution in [2.75, 3.05) is 6.61 Å². The zero-order valence-electron chi connectivity index (χ0n) is 11.9. The number of benzene rings is 1. The van der Waals surface area contributed by atoms with Crippen LogP contribution in [-0.2, 0) is 11.3 Å². The minimum absolute atomic E-state index is 0.108. The van der Waals surface area contributed by atoms with Crippen LogP contribution in [0.15, 0.2) is 43.0 Å². The van der Waals surface area contributed by atoms with Crippen LogP contribution in [0.4, 0.5) is 5.69 Å². The highest BCUT2D eigenvalue weighted by molar-refractivity contribution is 5.89. The highest BCUT2D eigenvalue weighted by Gasteiger charge is 2.24. The van der Waals surface area contributed by atoms with Crippen LogP contribution in [0.1, 0.15) is 17.3 Å². The molecule has 22 heavy (non-hydrogen) atoms. The lowest BCUT2D eigenvalue weighted by Crippen LogP contribution is -2.36. The largest absolute Gasteiger partial charge is 0.459 e. The Balaban J connectivity index is 1.92. The molecule has 0 spiro atoms. The van der Waals surface area contributed by atoms with Crippen molar-refractivity contribution in [2.24, 2.45) is 0 Å². The second kappa shape index (κ2) is 6.35. The summed E-state index contributed by atoms with van der Waals surface area (Å²) in [6.07, 6.45) is 4.82. The maximum Gasteiger partial charge on any atom is 0.338 e. The lowest BCUT2D eigenvalue weighted by Gasteiger charge is -2.23. The van der Waals surface area contributed by atoms with Gasteiger partial charge in [0.1, 0.15) is 12.2 Å².